The first-order valence-corrected chi connectivity index (χ1v) is 23.3. The minimum Gasteiger partial charge on any atom is -0.310 e. The summed E-state index contributed by atoms with van der Waals surface area (Å²) >= 11 is 0. The maximum atomic E-state index is 4.92. The van der Waals surface area contributed by atoms with E-state index in [0.717, 1.165) is 112 Å². The number of aromatic nitrogens is 6. The number of hydrogen-bond acceptors (Lipinski definition) is 6. The zero-order valence-corrected chi connectivity index (χ0v) is 37.8. The second kappa shape index (κ2) is 17.2. The Kier molecular flexibility index (Phi) is 9.98. The Balaban J connectivity index is 0.842. The fourth-order valence-corrected chi connectivity index (χ4v) is 10.0. The molecule has 0 aliphatic heterocycles. The van der Waals surface area contributed by atoms with Gasteiger partial charge in [-0.1, -0.05) is 97.1 Å². The highest BCUT2D eigenvalue weighted by atomic mass is 15.1. The summed E-state index contributed by atoms with van der Waals surface area (Å²) in [5.74, 6) is 0. The molecule has 330 valence electrons. The first kappa shape index (κ1) is 40.6. The highest BCUT2D eigenvalue weighted by Crippen LogP contribution is 2.42. The number of fused-ring (bicyclic) bond motifs is 6. The van der Waals surface area contributed by atoms with Crippen LogP contribution in [0.4, 0.5) is 34.1 Å². The van der Waals surface area contributed by atoms with Gasteiger partial charge in [0.05, 0.1) is 33.5 Å². The molecular formula is C62H42N8. The van der Waals surface area contributed by atoms with Crippen LogP contribution >= 0.6 is 0 Å². The van der Waals surface area contributed by atoms with E-state index in [1.165, 1.54) is 0 Å². The van der Waals surface area contributed by atoms with Gasteiger partial charge in [0.2, 0.25) is 0 Å². The van der Waals surface area contributed by atoms with Crippen molar-refractivity contribution in [2.45, 2.75) is 0 Å². The SMILES string of the molecule is c1ccc(N(c2ccccc2)c2ccc3c(c2)c2cnccc2n3-c2ccc(-c3nccnc3-c3ccc(-n4c5ccncc5c5cc(N(c6ccccc6)c6ccccc6)ccc54)cc3)cc2)cc1. The summed E-state index contributed by atoms with van der Waals surface area (Å²) in [6.45, 7) is 0. The van der Waals surface area contributed by atoms with Crippen LogP contribution in [0.2, 0.25) is 0 Å². The molecule has 5 aromatic heterocycles. The van der Waals surface area contributed by atoms with Crippen molar-refractivity contribution in [3.8, 4) is 33.9 Å². The van der Waals surface area contributed by atoms with Crippen molar-refractivity contribution >= 4 is 77.7 Å². The van der Waals surface area contributed by atoms with Gasteiger partial charge in [-0.2, -0.15) is 0 Å². The Bertz CT molecular complexity index is 3640. The average molecular weight is 899 g/mol. The molecule has 0 fully saturated rings. The second-order valence-electron chi connectivity index (χ2n) is 17.2. The minimum atomic E-state index is 0.816. The van der Waals surface area contributed by atoms with Gasteiger partial charge in [-0.05, 0) is 121 Å². The monoisotopic (exact) mass is 898 g/mol. The number of anilines is 6. The van der Waals surface area contributed by atoms with Crippen LogP contribution in [0.5, 0.6) is 0 Å². The molecule has 0 N–H and O–H groups in total. The molecule has 0 atom stereocenters. The van der Waals surface area contributed by atoms with Crippen molar-refractivity contribution in [1.29, 1.82) is 0 Å². The first-order chi connectivity index (χ1) is 34.7. The molecule has 0 amide bonds. The summed E-state index contributed by atoms with van der Waals surface area (Å²) in [5, 5.41) is 4.43. The van der Waals surface area contributed by atoms with Gasteiger partial charge in [0, 0.05) is 115 Å². The van der Waals surface area contributed by atoms with E-state index in [1.807, 2.05) is 24.8 Å². The number of pyridine rings is 2. The normalized spacial score (nSPS) is 11.4. The Morgan fingerprint density at radius 2 is 0.629 bits per heavy atom. The number of para-hydroxylation sites is 4. The number of rotatable bonds is 10. The van der Waals surface area contributed by atoms with Gasteiger partial charge in [-0.15, -0.1) is 0 Å². The van der Waals surface area contributed by atoms with Crippen LogP contribution in [0.25, 0.3) is 77.5 Å². The maximum Gasteiger partial charge on any atom is 0.0965 e. The predicted molar refractivity (Wildman–Crippen MR) is 287 cm³/mol. The van der Waals surface area contributed by atoms with Gasteiger partial charge in [0.1, 0.15) is 0 Å². The molecule has 0 radical (unpaired) electrons. The van der Waals surface area contributed by atoms with E-state index in [0.29, 0.717) is 0 Å². The van der Waals surface area contributed by atoms with Crippen molar-refractivity contribution in [3.63, 3.8) is 0 Å². The molecule has 0 unspecified atom stereocenters. The molecule has 0 aliphatic carbocycles. The molecule has 13 rings (SSSR count). The van der Waals surface area contributed by atoms with E-state index in [-0.39, 0.29) is 0 Å². The third-order valence-electron chi connectivity index (χ3n) is 13.2. The van der Waals surface area contributed by atoms with Crippen molar-refractivity contribution in [2.75, 3.05) is 9.80 Å². The lowest BCUT2D eigenvalue weighted by Crippen LogP contribution is -2.09. The van der Waals surface area contributed by atoms with Gasteiger partial charge in [0.15, 0.2) is 0 Å². The van der Waals surface area contributed by atoms with Crippen LogP contribution in [-0.4, -0.2) is 29.1 Å². The molecule has 0 aliphatic rings. The van der Waals surface area contributed by atoms with E-state index < -0.39 is 0 Å². The molecule has 8 heteroatoms. The van der Waals surface area contributed by atoms with Crippen molar-refractivity contribution in [1.82, 2.24) is 29.1 Å². The summed E-state index contributed by atoms with van der Waals surface area (Å²) in [5.41, 5.74) is 16.6. The van der Waals surface area contributed by atoms with Gasteiger partial charge in [0.25, 0.3) is 0 Å². The maximum absolute atomic E-state index is 4.92. The Morgan fingerprint density at radius 3 is 0.986 bits per heavy atom. The third kappa shape index (κ3) is 7.02. The molecule has 13 aromatic rings. The fourth-order valence-electron chi connectivity index (χ4n) is 10.0. The largest absolute Gasteiger partial charge is 0.310 e. The highest BCUT2D eigenvalue weighted by Gasteiger charge is 2.20. The van der Waals surface area contributed by atoms with E-state index in [4.69, 9.17) is 9.97 Å². The Hall–Kier alpha value is -9.66. The fraction of sp³-hybridized carbons (Fsp3) is 0. The van der Waals surface area contributed by atoms with E-state index in [1.54, 1.807) is 12.4 Å². The Labute approximate surface area is 404 Å². The minimum absolute atomic E-state index is 0.816. The van der Waals surface area contributed by atoms with Gasteiger partial charge in [-0.25, -0.2) is 0 Å². The van der Waals surface area contributed by atoms with Crippen LogP contribution in [0, 0.1) is 0 Å². The lowest BCUT2D eigenvalue weighted by atomic mass is 10.0. The Morgan fingerprint density at radius 1 is 0.286 bits per heavy atom. The lowest BCUT2D eigenvalue weighted by molar-refractivity contribution is 1.16. The quantitative estimate of drug-likeness (QED) is 0.136. The summed E-state index contributed by atoms with van der Waals surface area (Å²) in [6, 6.07) is 76.9. The van der Waals surface area contributed by atoms with Crippen LogP contribution in [-0.2, 0) is 0 Å². The molecule has 70 heavy (non-hydrogen) atoms. The zero-order valence-electron chi connectivity index (χ0n) is 37.8. The summed E-state index contributed by atoms with van der Waals surface area (Å²) in [4.78, 5) is 23.6. The molecule has 8 aromatic carbocycles. The summed E-state index contributed by atoms with van der Waals surface area (Å²) in [7, 11) is 0. The smallest absolute Gasteiger partial charge is 0.0965 e. The topological polar surface area (TPSA) is 67.9 Å². The number of benzene rings is 8. The highest BCUT2D eigenvalue weighted by molar-refractivity contribution is 6.11. The van der Waals surface area contributed by atoms with Gasteiger partial charge >= 0.3 is 0 Å². The molecule has 0 spiro atoms. The second-order valence-corrected chi connectivity index (χ2v) is 17.2. The predicted octanol–water partition coefficient (Wildman–Crippen LogP) is 15.7. The standard InChI is InChI=1S/C62H42N8/c1-5-13-45(14-6-1)67(46-15-7-2-8-16-46)51-29-31-57-53(39-51)55-41-63-35-33-59(55)69(57)49-25-21-43(22-26-49)61-62(66-38-37-65-61)44-23-27-50(28-24-44)70-58-32-30-52(40-54(58)56-42-64-36-34-60(56)70)68(47-17-9-3-10-18-47)48-19-11-4-12-20-48/h1-42H. The van der Waals surface area contributed by atoms with Crippen LogP contribution in [0.15, 0.2) is 256 Å². The average Bonchev–Trinajstić information content (AvgIpc) is 3.95. The third-order valence-corrected chi connectivity index (χ3v) is 13.2. The van der Waals surface area contributed by atoms with Crippen LogP contribution in [0.1, 0.15) is 0 Å². The lowest BCUT2D eigenvalue weighted by Gasteiger charge is -2.25. The molecule has 8 nitrogen and oxygen atoms in total. The summed E-state index contributed by atoms with van der Waals surface area (Å²) in [6.07, 6.45) is 11.2. The molecule has 0 bridgehead atoms. The summed E-state index contributed by atoms with van der Waals surface area (Å²) < 4.78 is 4.64. The van der Waals surface area contributed by atoms with Gasteiger partial charge in [-0.3, -0.25) is 19.9 Å². The molecular weight excluding hydrogens is 857 g/mol. The first-order valence-electron chi connectivity index (χ1n) is 23.3. The molecule has 5 heterocycles. The molecule has 0 saturated carbocycles. The number of nitrogens with zero attached hydrogens (tertiary/aromatic N) is 8. The van der Waals surface area contributed by atoms with E-state index in [9.17, 15) is 0 Å². The van der Waals surface area contributed by atoms with Crippen LogP contribution < -0.4 is 9.80 Å². The van der Waals surface area contributed by atoms with E-state index >= 15 is 0 Å². The van der Waals surface area contributed by atoms with Crippen molar-refractivity contribution in [3.05, 3.63) is 256 Å². The van der Waals surface area contributed by atoms with Crippen LogP contribution in [0.3, 0.4) is 0 Å². The van der Waals surface area contributed by atoms with Crippen molar-refractivity contribution < 1.29 is 0 Å². The van der Waals surface area contributed by atoms with Gasteiger partial charge < -0.3 is 18.9 Å². The molecule has 0 saturated heterocycles. The van der Waals surface area contributed by atoms with Crippen molar-refractivity contribution in [2.24, 2.45) is 0 Å². The number of hydrogen-bond donors (Lipinski definition) is 0. The van der Waals surface area contributed by atoms with E-state index in [2.05, 4.69) is 247 Å². The zero-order chi connectivity index (χ0) is 46.4.